The molecule has 170 valence electrons. The van der Waals surface area contributed by atoms with Gasteiger partial charge in [-0.1, -0.05) is 77.3 Å². The Morgan fingerprint density at radius 2 is 1.80 bits per heavy atom. The first-order valence-corrected chi connectivity index (χ1v) is 12.4. The van der Waals surface area contributed by atoms with Crippen molar-refractivity contribution in [1.82, 2.24) is 0 Å². The summed E-state index contributed by atoms with van der Waals surface area (Å²) in [4.78, 5) is 0. The molecule has 3 aliphatic carbocycles. The van der Waals surface area contributed by atoms with Gasteiger partial charge in [0.05, 0.1) is 12.2 Å². The van der Waals surface area contributed by atoms with Crippen molar-refractivity contribution in [3.05, 3.63) is 35.5 Å². The van der Waals surface area contributed by atoms with Gasteiger partial charge >= 0.3 is 0 Å². The fraction of sp³-hybridized carbons (Fsp3) is 0.786. The van der Waals surface area contributed by atoms with E-state index in [0.717, 1.165) is 17.4 Å². The Morgan fingerprint density at radius 3 is 2.43 bits per heavy atom. The van der Waals surface area contributed by atoms with Crippen LogP contribution in [0.5, 0.6) is 0 Å². The fourth-order valence-corrected chi connectivity index (χ4v) is 6.80. The van der Waals surface area contributed by atoms with Crippen molar-refractivity contribution >= 4 is 0 Å². The lowest BCUT2D eigenvalue weighted by Crippen LogP contribution is -2.36. The average Bonchev–Trinajstić information content (AvgIpc) is 3.00. The summed E-state index contributed by atoms with van der Waals surface area (Å²) in [5.41, 5.74) is 4.25. The summed E-state index contributed by atoms with van der Waals surface area (Å²) in [6.45, 7) is 16.0. The maximum Gasteiger partial charge on any atom is 0.0809 e. The van der Waals surface area contributed by atoms with E-state index in [9.17, 15) is 10.2 Å². The molecule has 2 nitrogen and oxygen atoms in total. The number of rotatable bonds is 5. The van der Waals surface area contributed by atoms with Gasteiger partial charge in [0.2, 0.25) is 0 Å². The minimum absolute atomic E-state index is 0.447. The summed E-state index contributed by atoms with van der Waals surface area (Å²) in [6, 6.07) is 0. The zero-order valence-corrected chi connectivity index (χ0v) is 20.2. The summed E-state index contributed by atoms with van der Waals surface area (Å²) < 4.78 is 0. The van der Waals surface area contributed by atoms with Crippen molar-refractivity contribution in [2.24, 2.45) is 28.6 Å². The van der Waals surface area contributed by atoms with Crippen molar-refractivity contribution in [3.63, 3.8) is 0 Å². The third-order valence-electron chi connectivity index (χ3n) is 8.61. The normalized spacial score (nSPS) is 37.4. The second kappa shape index (κ2) is 9.33. The number of fused-ring (bicyclic) bond motifs is 1. The molecule has 0 aromatic carbocycles. The average molecular weight is 415 g/mol. The van der Waals surface area contributed by atoms with Crippen molar-refractivity contribution < 1.29 is 10.2 Å². The van der Waals surface area contributed by atoms with Crippen LogP contribution < -0.4 is 0 Å². The van der Waals surface area contributed by atoms with Gasteiger partial charge in [-0.2, -0.15) is 0 Å². The molecule has 0 spiro atoms. The lowest BCUT2D eigenvalue weighted by atomic mass is 9.60. The number of allylic oxidation sites excluding steroid dienone is 3. The summed E-state index contributed by atoms with van der Waals surface area (Å²) in [6.07, 6.45) is 15.3. The molecule has 6 atom stereocenters. The SMILES string of the molecule is C=C1[C@H](O)CC(=C/C=C2\CCC[C@]3(C)C([C@@H](C)CCCC(C)(C)C)CC[C@@H]23)C[C@H]1O. The molecule has 2 N–H and O–H groups in total. The highest BCUT2D eigenvalue weighted by Crippen LogP contribution is 2.60. The molecule has 0 aromatic rings. The smallest absolute Gasteiger partial charge is 0.0809 e. The number of aliphatic hydroxyl groups is 2. The monoisotopic (exact) mass is 414 g/mol. The van der Waals surface area contributed by atoms with E-state index >= 15 is 0 Å². The van der Waals surface area contributed by atoms with Crippen LogP contribution in [0.2, 0.25) is 0 Å². The third-order valence-corrected chi connectivity index (χ3v) is 8.61. The first-order chi connectivity index (χ1) is 14.0. The molecule has 0 aliphatic heterocycles. The number of hydrogen-bond acceptors (Lipinski definition) is 2. The Labute approximate surface area is 185 Å². The zero-order chi connectivity index (χ0) is 22.1. The van der Waals surface area contributed by atoms with E-state index in [0.29, 0.717) is 35.2 Å². The van der Waals surface area contributed by atoms with Crippen molar-refractivity contribution in [2.75, 3.05) is 0 Å². The highest BCUT2D eigenvalue weighted by atomic mass is 16.3. The highest BCUT2D eigenvalue weighted by molar-refractivity contribution is 5.29. The van der Waals surface area contributed by atoms with Crippen LogP contribution >= 0.6 is 0 Å². The predicted octanol–water partition coefficient (Wildman–Crippen LogP) is 6.98. The van der Waals surface area contributed by atoms with E-state index in [1.165, 1.54) is 51.4 Å². The van der Waals surface area contributed by atoms with E-state index < -0.39 is 12.2 Å². The zero-order valence-electron chi connectivity index (χ0n) is 20.2. The molecule has 3 aliphatic rings. The van der Waals surface area contributed by atoms with Crippen molar-refractivity contribution in [3.8, 4) is 0 Å². The number of hydrogen-bond donors (Lipinski definition) is 2. The molecule has 0 aromatic heterocycles. The van der Waals surface area contributed by atoms with Gasteiger partial charge in [0.1, 0.15) is 0 Å². The van der Waals surface area contributed by atoms with Gasteiger partial charge in [0.15, 0.2) is 0 Å². The molecule has 3 rings (SSSR count). The van der Waals surface area contributed by atoms with Crippen LogP contribution in [0.1, 0.15) is 98.8 Å². The first kappa shape index (κ1) is 23.8. The van der Waals surface area contributed by atoms with E-state index in [1.807, 2.05) is 0 Å². The van der Waals surface area contributed by atoms with E-state index in [2.05, 4.69) is 53.3 Å². The maximum absolute atomic E-state index is 10.1. The lowest BCUT2D eigenvalue weighted by molar-refractivity contribution is 0.0920. The Morgan fingerprint density at radius 1 is 1.13 bits per heavy atom. The quantitative estimate of drug-likeness (QED) is 0.476. The van der Waals surface area contributed by atoms with Gasteiger partial charge in [-0.3, -0.25) is 0 Å². The van der Waals surface area contributed by atoms with Crippen LogP contribution in [0.25, 0.3) is 0 Å². The Hall–Kier alpha value is -0.860. The van der Waals surface area contributed by atoms with Crippen LogP contribution in [-0.4, -0.2) is 22.4 Å². The molecular formula is C28H46O2. The molecule has 0 heterocycles. The van der Waals surface area contributed by atoms with Gasteiger partial charge in [-0.15, -0.1) is 0 Å². The van der Waals surface area contributed by atoms with Crippen LogP contribution in [0, 0.1) is 28.6 Å². The Bertz CT molecular complexity index is 663. The fourth-order valence-electron chi connectivity index (χ4n) is 6.80. The van der Waals surface area contributed by atoms with E-state index in [1.54, 1.807) is 5.57 Å². The molecule has 3 saturated carbocycles. The molecule has 0 radical (unpaired) electrons. The third kappa shape index (κ3) is 5.30. The van der Waals surface area contributed by atoms with Gasteiger partial charge in [-0.25, -0.2) is 0 Å². The molecule has 0 saturated heterocycles. The molecule has 0 amide bonds. The maximum atomic E-state index is 10.1. The first-order valence-electron chi connectivity index (χ1n) is 12.4. The standard InChI is InChI=1S/C28H46O2/c1-19(9-7-15-27(3,4)5)23-13-14-24-22(10-8-16-28(23,24)6)12-11-21-17-25(29)20(2)26(30)18-21/h11-12,19,23-26,29-30H,2,7-10,13-18H2,1,3-6H3/b22-12+/t19-,23?,24-,25+,26+,28+/m0/s1. The molecular weight excluding hydrogens is 368 g/mol. The Balaban J connectivity index is 1.67. The van der Waals surface area contributed by atoms with Crippen LogP contribution in [0.15, 0.2) is 35.5 Å². The van der Waals surface area contributed by atoms with Crippen LogP contribution in [0.4, 0.5) is 0 Å². The lowest BCUT2D eigenvalue weighted by Gasteiger charge is -2.44. The van der Waals surface area contributed by atoms with Crippen molar-refractivity contribution in [2.45, 2.75) is 111 Å². The Kier molecular flexibility index (Phi) is 7.40. The summed E-state index contributed by atoms with van der Waals surface area (Å²) in [5, 5.41) is 20.3. The molecule has 1 unspecified atom stereocenters. The summed E-state index contributed by atoms with van der Waals surface area (Å²) >= 11 is 0. The second-order valence-corrected chi connectivity index (χ2v) is 12.1. The number of aliphatic hydroxyl groups excluding tert-OH is 2. The van der Waals surface area contributed by atoms with Gasteiger partial charge < -0.3 is 10.2 Å². The van der Waals surface area contributed by atoms with Crippen LogP contribution in [-0.2, 0) is 0 Å². The van der Waals surface area contributed by atoms with E-state index in [-0.39, 0.29) is 0 Å². The molecule has 30 heavy (non-hydrogen) atoms. The van der Waals surface area contributed by atoms with E-state index in [4.69, 9.17) is 0 Å². The van der Waals surface area contributed by atoms with Crippen LogP contribution in [0.3, 0.4) is 0 Å². The summed E-state index contributed by atoms with van der Waals surface area (Å²) in [7, 11) is 0. The van der Waals surface area contributed by atoms with Crippen molar-refractivity contribution in [1.29, 1.82) is 0 Å². The van der Waals surface area contributed by atoms with Gasteiger partial charge in [0, 0.05) is 0 Å². The minimum Gasteiger partial charge on any atom is -0.388 e. The van der Waals surface area contributed by atoms with Gasteiger partial charge in [-0.05, 0) is 85.5 Å². The highest BCUT2D eigenvalue weighted by Gasteiger charge is 2.50. The largest absolute Gasteiger partial charge is 0.388 e. The topological polar surface area (TPSA) is 40.5 Å². The molecule has 0 bridgehead atoms. The molecule has 3 fully saturated rings. The summed E-state index contributed by atoms with van der Waals surface area (Å²) in [5.74, 6) is 2.38. The van der Waals surface area contributed by atoms with Gasteiger partial charge in [0.25, 0.3) is 0 Å². The minimum atomic E-state index is -0.597. The molecule has 2 heteroatoms. The second-order valence-electron chi connectivity index (χ2n) is 12.1. The predicted molar refractivity (Wildman–Crippen MR) is 127 cm³/mol.